The average molecular weight is 621 g/mol. The third-order valence-corrected chi connectivity index (χ3v) is 7.03. The zero-order valence-electron chi connectivity index (χ0n) is 25.0. The van der Waals surface area contributed by atoms with E-state index < -0.39 is 54.2 Å². The molecule has 2 aliphatic rings. The molecule has 0 radical (unpaired) electrons. The van der Waals surface area contributed by atoms with Crippen molar-refractivity contribution in [3.05, 3.63) is 77.4 Å². The van der Waals surface area contributed by atoms with Gasteiger partial charge in [0.2, 0.25) is 0 Å². The maximum atomic E-state index is 14.4. The Hall–Kier alpha value is -3.87. The van der Waals surface area contributed by atoms with Crippen LogP contribution < -0.4 is 9.47 Å². The highest BCUT2D eigenvalue weighted by Crippen LogP contribution is 2.38. The lowest BCUT2D eigenvalue weighted by atomic mass is 9.97. The number of methoxy groups -OCH3 is 2. The Balaban J connectivity index is 1.82. The van der Waals surface area contributed by atoms with Crippen molar-refractivity contribution in [2.45, 2.75) is 63.6 Å². The molecule has 4 unspecified atom stereocenters. The zero-order valence-corrected chi connectivity index (χ0v) is 25.0. The van der Waals surface area contributed by atoms with E-state index in [0.717, 1.165) is 19.1 Å². The van der Waals surface area contributed by atoms with Gasteiger partial charge in [-0.2, -0.15) is 13.2 Å². The van der Waals surface area contributed by atoms with Gasteiger partial charge in [0, 0.05) is 13.2 Å². The lowest BCUT2D eigenvalue weighted by molar-refractivity contribution is -0.182. The van der Waals surface area contributed by atoms with Crippen LogP contribution in [0.15, 0.2) is 60.7 Å². The molecule has 0 saturated carbocycles. The van der Waals surface area contributed by atoms with Gasteiger partial charge >= 0.3 is 18.1 Å². The Kier molecular flexibility index (Phi) is 10.4. The van der Waals surface area contributed by atoms with E-state index in [-0.39, 0.29) is 35.7 Å². The first kappa shape index (κ1) is 33.0. The number of benzene rings is 2. The second kappa shape index (κ2) is 13.8. The Bertz CT molecular complexity index is 1370. The van der Waals surface area contributed by atoms with E-state index in [1.165, 1.54) is 38.5 Å². The smallest absolute Gasteiger partial charge is 0.398 e. The first-order valence-corrected chi connectivity index (χ1v) is 13.9. The van der Waals surface area contributed by atoms with E-state index in [4.69, 9.17) is 33.2 Å². The molecule has 0 spiro atoms. The molecule has 4 rings (SSSR count). The van der Waals surface area contributed by atoms with Crippen LogP contribution in [0.2, 0.25) is 0 Å². The summed E-state index contributed by atoms with van der Waals surface area (Å²) in [6.07, 6.45) is -4.09. The fourth-order valence-corrected chi connectivity index (χ4v) is 5.01. The standard InChI is InChI=1S/C32H35F3O9/c1-19-23(32(33,34)35)14-15-24(42-29(36)20-10-7-6-8-11-20)28-25(43-31(2,3)44-28)13-9-12-21-16-22(39-5)17-26(40-18-38-4)27(21)30(37)41-19/h6-12,14-17,19,23-25,28H,13,18H2,1-5H3/b12-9+,15-14-/t19?,23?,24?,25-,28?/m0/s1. The molecular weight excluding hydrogens is 585 g/mol. The van der Waals surface area contributed by atoms with Gasteiger partial charge in [-0.05, 0) is 57.0 Å². The van der Waals surface area contributed by atoms with Crippen molar-refractivity contribution in [1.29, 1.82) is 0 Å². The quantitative estimate of drug-likeness (QED) is 0.215. The topological polar surface area (TPSA) is 98.8 Å². The molecule has 2 heterocycles. The summed E-state index contributed by atoms with van der Waals surface area (Å²) >= 11 is 0. The molecule has 0 bridgehead atoms. The van der Waals surface area contributed by atoms with Crippen molar-refractivity contribution in [3.8, 4) is 11.5 Å². The van der Waals surface area contributed by atoms with Crippen molar-refractivity contribution in [1.82, 2.24) is 0 Å². The van der Waals surface area contributed by atoms with Crippen molar-refractivity contribution in [2.75, 3.05) is 21.0 Å². The van der Waals surface area contributed by atoms with Crippen LogP contribution in [-0.4, -0.2) is 69.3 Å². The molecule has 5 atom stereocenters. The molecule has 9 nitrogen and oxygen atoms in total. The number of cyclic esters (lactones) is 1. The normalized spacial score (nSPS) is 26.7. The Morgan fingerprint density at radius 3 is 2.45 bits per heavy atom. The van der Waals surface area contributed by atoms with Crippen LogP contribution in [0.25, 0.3) is 6.08 Å². The number of halogens is 3. The average Bonchev–Trinajstić information content (AvgIpc) is 3.28. The summed E-state index contributed by atoms with van der Waals surface area (Å²) in [6, 6.07) is 11.0. The molecule has 238 valence electrons. The zero-order chi connectivity index (χ0) is 32.1. The van der Waals surface area contributed by atoms with Crippen LogP contribution in [0.3, 0.4) is 0 Å². The van der Waals surface area contributed by atoms with Gasteiger partial charge in [0.25, 0.3) is 0 Å². The maximum absolute atomic E-state index is 14.4. The molecule has 0 N–H and O–H groups in total. The van der Waals surface area contributed by atoms with Gasteiger partial charge < -0.3 is 33.2 Å². The van der Waals surface area contributed by atoms with E-state index in [9.17, 15) is 22.8 Å². The maximum Gasteiger partial charge on any atom is 0.398 e. The van der Waals surface area contributed by atoms with Crippen LogP contribution in [-0.2, 0) is 23.7 Å². The lowest BCUT2D eigenvalue weighted by Gasteiger charge is -2.27. The first-order valence-electron chi connectivity index (χ1n) is 13.9. The number of hydrogen-bond acceptors (Lipinski definition) is 9. The van der Waals surface area contributed by atoms with Crippen molar-refractivity contribution in [3.63, 3.8) is 0 Å². The van der Waals surface area contributed by atoms with Gasteiger partial charge in [-0.1, -0.05) is 36.4 Å². The SMILES string of the molecule is COCOc1cc(OC)cc2c1C(=O)OC(C)C(C(F)(F)F)/C=C\C(OC(=O)c1ccccc1)C1OC(C)(C)O[C@H]1C/C=C/2. The number of ether oxygens (including phenoxy) is 7. The number of alkyl halides is 3. The monoisotopic (exact) mass is 620 g/mol. The van der Waals surface area contributed by atoms with Crippen LogP contribution >= 0.6 is 0 Å². The van der Waals surface area contributed by atoms with Gasteiger partial charge in [-0.3, -0.25) is 0 Å². The van der Waals surface area contributed by atoms with Crippen LogP contribution in [0.1, 0.15) is 53.5 Å². The van der Waals surface area contributed by atoms with E-state index in [1.54, 1.807) is 44.2 Å². The Morgan fingerprint density at radius 1 is 1.07 bits per heavy atom. The van der Waals surface area contributed by atoms with Crippen LogP contribution in [0, 0.1) is 5.92 Å². The molecule has 44 heavy (non-hydrogen) atoms. The summed E-state index contributed by atoms with van der Waals surface area (Å²) in [5.74, 6) is -4.87. The fourth-order valence-electron chi connectivity index (χ4n) is 5.01. The van der Waals surface area contributed by atoms with E-state index in [2.05, 4.69) is 0 Å². The summed E-state index contributed by atoms with van der Waals surface area (Å²) in [5.41, 5.74) is 0.371. The molecular formula is C32H35F3O9. The van der Waals surface area contributed by atoms with E-state index in [0.29, 0.717) is 5.75 Å². The molecule has 2 aromatic carbocycles. The number of esters is 2. The van der Waals surface area contributed by atoms with Gasteiger partial charge in [-0.25, -0.2) is 9.59 Å². The predicted molar refractivity (Wildman–Crippen MR) is 152 cm³/mol. The van der Waals surface area contributed by atoms with Gasteiger partial charge in [0.05, 0.1) is 18.8 Å². The molecule has 1 fully saturated rings. The van der Waals surface area contributed by atoms with Gasteiger partial charge in [0.15, 0.2) is 12.6 Å². The molecule has 0 amide bonds. The molecule has 0 aromatic heterocycles. The molecule has 12 heteroatoms. The molecule has 1 saturated heterocycles. The minimum Gasteiger partial charge on any atom is -0.497 e. The summed E-state index contributed by atoms with van der Waals surface area (Å²) in [4.78, 5) is 26.5. The summed E-state index contributed by atoms with van der Waals surface area (Å²) in [7, 11) is 2.80. The fraction of sp³-hybridized carbons (Fsp3) is 0.438. The minimum absolute atomic E-state index is 0.00147. The number of fused-ring (bicyclic) bond motifs is 2. The van der Waals surface area contributed by atoms with E-state index >= 15 is 0 Å². The molecule has 2 aromatic rings. The highest BCUT2D eigenvalue weighted by atomic mass is 19.4. The summed E-state index contributed by atoms with van der Waals surface area (Å²) < 4.78 is 82.4. The van der Waals surface area contributed by atoms with Crippen molar-refractivity contribution < 1.29 is 55.9 Å². The van der Waals surface area contributed by atoms with Crippen molar-refractivity contribution in [2.24, 2.45) is 5.92 Å². The highest BCUT2D eigenvalue weighted by Gasteiger charge is 2.47. The summed E-state index contributed by atoms with van der Waals surface area (Å²) in [5, 5.41) is 0. The molecule has 0 aliphatic carbocycles. The first-order chi connectivity index (χ1) is 20.8. The van der Waals surface area contributed by atoms with E-state index in [1.807, 2.05) is 0 Å². The third kappa shape index (κ3) is 7.99. The molecule has 2 aliphatic heterocycles. The van der Waals surface area contributed by atoms with Gasteiger partial charge in [0.1, 0.15) is 41.3 Å². The third-order valence-electron chi connectivity index (χ3n) is 7.03. The number of hydrogen-bond donors (Lipinski definition) is 0. The van der Waals surface area contributed by atoms with Crippen molar-refractivity contribution >= 4 is 18.0 Å². The number of carbonyl (C=O) groups is 2. The second-order valence-corrected chi connectivity index (χ2v) is 10.7. The summed E-state index contributed by atoms with van der Waals surface area (Å²) in [6.45, 7) is 4.20. The largest absolute Gasteiger partial charge is 0.497 e. The van der Waals surface area contributed by atoms with Gasteiger partial charge in [-0.15, -0.1) is 0 Å². The predicted octanol–water partition coefficient (Wildman–Crippen LogP) is 6.12. The highest BCUT2D eigenvalue weighted by molar-refractivity contribution is 5.97. The van der Waals surface area contributed by atoms with Crippen LogP contribution in [0.4, 0.5) is 13.2 Å². The second-order valence-electron chi connectivity index (χ2n) is 10.7. The Morgan fingerprint density at radius 2 is 1.80 bits per heavy atom. The number of carbonyl (C=O) groups excluding carboxylic acids is 2. The van der Waals surface area contributed by atoms with Crippen LogP contribution in [0.5, 0.6) is 11.5 Å². The number of rotatable bonds is 6. The Labute approximate surface area is 253 Å². The minimum atomic E-state index is -4.83. The lowest BCUT2D eigenvalue weighted by Crippen LogP contribution is -2.39.